The fraction of sp³-hybridized carbons (Fsp3) is 0.385. The number of nitrogens with zero attached hydrogens (tertiary/aromatic N) is 4. The van der Waals surface area contributed by atoms with Crippen LogP contribution in [0.1, 0.15) is 17.7 Å². The van der Waals surface area contributed by atoms with Crippen LogP contribution in [0, 0.1) is 5.82 Å². The van der Waals surface area contributed by atoms with E-state index in [2.05, 4.69) is 9.97 Å². The number of benzene rings is 2. The number of aromatic nitrogens is 2. The molecule has 2 aromatic carbocycles. The number of rotatable bonds is 6. The van der Waals surface area contributed by atoms with Crippen molar-refractivity contribution < 1.29 is 35.5 Å². The van der Waals surface area contributed by atoms with Crippen molar-refractivity contribution in [2.24, 2.45) is 0 Å². The quantitative estimate of drug-likeness (QED) is 0.415. The Balaban J connectivity index is 1.39. The fourth-order valence-electron chi connectivity index (χ4n) is 5.11. The van der Waals surface area contributed by atoms with Crippen molar-refractivity contribution in [2.75, 3.05) is 38.3 Å². The summed E-state index contributed by atoms with van der Waals surface area (Å²) in [5.74, 6) is -0.659. The number of ether oxygens (including phenoxy) is 2. The standard InChI is InChI=1S/C26H26F4N4O4S/c1-37-24-12-20(17-3-2-4-18(11-17)26(28,29)30)21(27)13-23(24)34-9-10-38-25-14-33(8-6-22(25)34)39(35,36)15-19-5-7-31-16-32-19/h2-5,7,11-13,16,22,25H,6,8-10,14-15H2,1H3/t22-,25-/m1/s1. The molecule has 208 valence electrons. The number of alkyl halides is 3. The van der Waals surface area contributed by atoms with Gasteiger partial charge in [-0.3, -0.25) is 0 Å². The van der Waals surface area contributed by atoms with Crippen LogP contribution in [0.15, 0.2) is 55.0 Å². The van der Waals surface area contributed by atoms with Crippen molar-refractivity contribution in [2.45, 2.75) is 30.5 Å². The van der Waals surface area contributed by atoms with E-state index in [1.165, 1.54) is 48.2 Å². The lowest BCUT2D eigenvalue weighted by Crippen LogP contribution is -2.60. The third kappa shape index (κ3) is 5.70. The third-order valence-corrected chi connectivity index (χ3v) is 8.78. The Bertz CT molecular complexity index is 1440. The fourth-order valence-corrected chi connectivity index (χ4v) is 6.60. The van der Waals surface area contributed by atoms with Gasteiger partial charge in [-0.1, -0.05) is 12.1 Å². The molecule has 0 aliphatic carbocycles. The van der Waals surface area contributed by atoms with E-state index in [0.29, 0.717) is 30.1 Å². The number of methoxy groups -OCH3 is 1. The molecule has 3 heterocycles. The normalized spacial score (nSPS) is 20.5. The molecule has 0 N–H and O–H groups in total. The number of hydrogen-bond donors (Lipinski definition) is 0. The molecule has 0 saturated carbocycles. The average molecular weight is 567 g/mol. The Morgan fingerprint density at radius 1 is 1.15 bits per heavy atom. The lowest BCUT2D eigenvalue weighted by Gasteiger charge is -2.47. The predicted molar refractivity (Wildman–Crippen MR) is 135 cm³/mol. The third-order valence-electron chi connectivity index (χ3n) is 7.00. The van der Waals surface area contributed by atoms with Crippen LogP contribution in [0.3, 0.4) is 0 Å². The van der Waals surface area contributed by atoms with Gasteiger partial charge in [0.05, 0.1) is 42.8 Å². The van der Waals surface area contributed by atoms with Gasteiger partial charge in [-0.25, -0.2) is 22.8 Å². The highest BCUT2D eigenvalue weighted by Crippen LogP contribution is 2.40. The summed E-state index contributed by atoms with van der Waals surface area (Å²) in [6, 6.07) is 8.43. The number of anilines is 1. The van der Waals surface area contributed by atoms with Crippen LogP contribution >= 0.6 is 0 Å². The Labute approximate surface area is 223 Å². The molecule has 5 rings (SSSR count). The molecule has 0 spiro atoms. The first-order valence-electron chi connectivity index (χ1n) is 12.2. The minimum atomic E-state index is -4.56. The summed E-state index contributed by atoms with van der Waals surface area (Å²) in [5.41, 5.74) is 0.00645. The van der Waals surface area contributed by atoms with Crippen LogP contribution < -0.4 is 9.64 Å². The van der Waals surface area contributed by atoms with Crippen LogP contribution in [0.25, 0.3) is 11.1 Å². The number of fused-ring (bicyclic) bond motifs is 1. The van der Waals surface area contributed by atoms with Gasteiger partial charge in [-0.2, -0.15) is 17.5 Å². The summed E-state index contributed by atoms with van der Waals surface area (Å²) in [5, 5.41) is 0. The molecule has 39 heavy (non-hydrogen) atoms. The van der Waals surface area contributed by atoms with Gasteiger partial charge < -0.3 is 14.4 Å². The van der Waals surface area contributed by atoms with Gasteiger partial charge >= 0.3 is 6.18 Å². The van der Waals surface area contributed by atoms with Crippen molar-refractivity contribution in [1.82, 2.24) is 14.3 Å². The smallest absolute Gasteiger partial charge is 0.416 e. The molecule has 0 radical (unpaired) electrons. The molecule has 0 bridgehead atoms. The molecule has 0 amide bonds. The molecule has 3 aromatic rings. The Morgan fingerprint density at radius 2 is 1.97 bits per heavy atom. The van der Waals surface area contributed by atoms with Gasteiger partial charge in [0.25, 0.3) is 0 Å². The molecule has 13 heteroatoms. The summed E-state index contributed by atoms with van der Waals surface area (Å²) >= 11 is 0. The van der Waals surface area contributed by atoms with Crippen LogP contribution in [0.2, 0.25) is 0 Å². The average Bonchev–Trinajstić information content (AvgIpc) is 2.92. The maximum absolute atomic E-state index is 15.4. The van der Waals surface area contributed by atoms with E-state index in [1.807, 2.05) is 4.90 Å². The number of hydrogen-bond acceptors (Lipinski definition) is 7. The SMILES string of the molecule is COc1cc(-c2cccc(C(F)(F)F)c2)c(F)cc1N1CCO[C@@H]2CN(S(=O)(=O)Cc3ccncn3)CC[C@H]21. The molecule has 2 atom stereocenters. The molecule has 2 saturated heterocycles. The number of piperidine rings is 1. The topological polar surface area (TPSA) is 84.9 Å². The van der Waals surface area contributed by atoms with Gasteiger partial charge in [0.1, 0.15) is 23.6 Å². The van der Waals surface area contributed by atoms with E-state index in [9.17, 15) is 21.6 Å². The number of halogens is 4. The zero-order chi connectivity index (χ0) is 27.8. The van der Waals surface area contributed by atoms with Crippen molar-refractivity contribution in [3.05, 3.63) is 72.1 Å². The first kappa shape index (κ1) is 27.3. The van der Waals surface area contributed by atoms with E-state index in [1.54, 1.807) is 6.07 Å². The molecule has 2 aliphatic rings. The lowest BCUT2D eigenvalue weighted by molar-refractivity contribution is -0.137. The van der Waals surface area contributed by atoms with E-state index >= 15 is 4.39 Å². The summed E-state index contributed by atoms with van der Waals surface area (Å²) in [7, 11) is -2.25. The number of sulfonamides is 1. The highest BCUT2D eigenvalue weighted by molar-refractivity contribution is 7.88. The van der Waals surface area contributed by atoms with Gasteiger partial charge in [-0.05, 0) is 36.2 Å². The molecule has 2 fully saturated rings. The van der Waals surface area contributed by atoms with Crippen LogP contribution in [0.5, 0.6) is 5.75 Å². The summed E-state index contributed by atoms with van der Waals surface area (Å²) < 4.78 is 94.0. The lowest BCUT2D eigenvalue weighted by atomic mass is 9.97. The largest absolute Gasteiger partial charge is 0.495 e. The maximum Gasteiger partial charge on any atom is 0.416 e. The molecular weight excluding hydrogens is 540 g/mol. The van der Waals surface area contributed by atoms with Crippen molar-refractivity contribution in [1.29, 1.82) is 0 Å². The van der Waals surface area contributed by atoms with Gasteiger partial charge in [0, 0.05) is 37.5 Å². The zero-order valence-corrected chi connectivity index (χ0v) is 21.8. The predicted octanol–water partition coefficient (Wildman–Crippen LogP) is 4.12. The first-order chi connectivity index (χ1) is 18.6. The second kappa shape index (κ2) is 10.7. The maximum atomic E-state index is 15.4. The van der Waals surface area contributed by atoms with E-state index in [4.69, 9.17) is 9.47 Å². The van der Waals surface area contributed by atoms with E-state index < -0.39 is 33.7 Å². The van der Waals surface area contributed by atoms with Gasteiger partial charge in [0.15, 0.2) is 0 Å². The van der Waals surface area contributed by atoms with Gasteiger partial charge in [0.2, 0.25) is 10.0 Å². The molecule has 0 unspecified atom stereocenters. The number of morpholine rings is 1. The summed E-state index contributed by atoms with van der Waals surface area (Å²) in [6.07, 6.45) is -1.82. The van der Waals surface area contributed by atoms with Crippen LogP contribution in [0.4, 0.5) is 23.2 Å². The summed E-state index contributed by atoms with van der Waals surface area (Å²) in [4.78, 5) is 9.74. The van der Waals surface area contributed by atoms with E-state index in [0.717, 1.165) is 12.1 Å². The Hall–Kier alpha value is -3.29. The summed E-state index contributed by atoms with van der Waals surface area (Å²) in [6.45, 7) is 1.05. The Morgan fingerprint density at radius 3 is 2.69 bits per heavy atom. The highest BCUT2D eigenvalue weighted by Gasteiger charge is 2.41. The van der Waals surface area contributed by atoms with Crippen molar-refractivity contribution in [3.8, 4) is 16.9 Å². The Kier molecular flexibility index (Phi) is 7.49. The molecular formula is C26H26F4N4O4S. The van der Waals surface area contributed by atoms with Crippen molar-refractivity contribution >= 4 is 15.7 Å². The van der Waals surface area contributed by atoms with Crippen molar-refractivity contribution in [3.63, 3.8) is 0 Å². The van der Waals surface area contributed by atoms with E-state index in [-0.39, 0.29) is 42.6 Å². The highest BCUT2D eigenvalue weighted by atomic mass is 32.2. The minimum Gasteiger partial charge on any atom is -0.495 e. The second-order valence-corrected chi connectivity index (χ2v) is 11.3. The minimum absolute atomic E-state index is 0.0165. The van der Waals surface area contributed by atoms with Crippen LogP contribution in [-0.4, -0.2) is 68.2 Å². The monoisotopic (exact) mass is 566 g/mol. The molecule has 2 aliphatic heterocycles. The first-order valence-corrected chi connectivity index (χ1v) is 13.8. The zero-order valence-electron chi connectivity index (χ0n) is 20.9. The van der Waals surface area contributed by atoms with Gasteiger partial charge in [-0.15, -0.1) is 0 Å². The van der Waals surface area contributed by atoms with Crippen LogP contribution in [-0.2, 0) is 26.7 Å². The second-order valence-electron chi connectivity index (χ2n) is 9.36. The molecule has 8 nitrogen and oxygen atoms in total. The molecule has 1 aromatic heterocycles.